The fourth-order valence-corrected chi connectivity index (χ4v) is 4.32. The summed E-state index contributed by atoms with van der Waals surface area (Å²) in [6, 6.07) is 7.20. The molecule has 1 amide bonds. The first-order valence-corrected chi connectivity index (χ1v) is 9.85. The Hall–Kier alpha value is -1.66. The SMILES string of the molecule is C=CC(=O)NC1CCN(S(=O)(=O)c2ccc(C(C)CC)cc2)CC1. The third kappa shape index (κ3) is 4.24. The fourth-order valence-electron chi connectivity index (χ4n) is 2.85. The van der Waals surface area contributed by atoms with Crippen LogP contribution in [0.4, 0.5) is 0 Å². The van der Waals surface area contributed by atoms with Crippen LogP contribution >= 0.6 is 0 Å². The largest absolute Gasteiger partial charge is 0.350 e. The maximum atomic E-state index is 12.7. The zero-order chi connectivity index (χ0) is 17.7. The van der Waals surface area contributed by atoms with E-state index in [9.17, 15) is 13.2 Å². The van der Waals surface area contributed by atoms with Crippen molar-refractivity contribution in [3.63, 3.8) is 0 Å². The Bertz CT molecular complexity index is 675. The highest BCUT2D eigenvalue weighted by atomic mass is 32.2. The lowest BCUT2D eigenvalue weighted by atomic mass is 9.99. The molecule has 1 fully saturated rings. The highest BCUT2D eigenvalue weighted by Gasteiger charge is 2.29. The van der Waals surface area contributed by atoms with Crippen molar-refractivity contribution in [2.24, 2.45) is 0 Å². The van der Waals surface area contributed by atoms with E-state index in [2.05, 4.69) is 25.7 Å². The number of piperidine rings is 1. The minimum atomic E-state index is -3.47. The van der Waals surface area contributed by atoms with Gasteiger partial charge < -0.3 is 5.32 Å². The van der Waals surface area contributed by atoms with E-state index in [1.54, 1.807) is 12.1 Å². The summed E-state index contributed by atoms with van der Waals surface area (Å²) < 4.78 is 27.0. The number of hydrogen-bond donors (Lipinski definition) is 1. The highest BCUT2D eigenvalue weighted by molar-refractivity contribution is 7.89. The van der Waals surface area contributed by atoms with Crippen molar-refractivity contribution in [3.8, 4) is 0 Å². The average molecular weight is 350 g/mol. The van der Waals surface area contributed by atoms with E-state index in [1.807, 2.05) is 12.1 Å². The zero-order valence-corrected chi connectivity index (χ0v) is 15.2. The van der Waals surface area contributed by atoms with Gasteiger partial charge >= 0.3 is 0 Å². The molecule has 24 heavy (non-hydrogen) atoms. The minimum absolute atomic E-state index is 0.00901. The maximum absolute atomic E-state index is 12.7. The lowest BCUT2D eigenvalue weighted by Gasteiger charge is -2.31. The number of carbonyl (C=O) groups is 1. The van der Waals surface area contributed by atoms with Crippen molar-refractivity contribution >= 4 is 15.9 Å². The monoisotopic (exact) mass is 350 g/mol. The number of amides is 1. The van der Waals surface area contributed by atoms with Crippen molar-refractivity contribution in [2.45, 2.75) is 50.0 Å². The van der Waals surface area contributed by atoms with E-state index >= 15 is 0 Å². The van der Waals surface area contributed by atoms with Gasteiger partial charge in [-0.25, -0.2) is 8.42 Å². The summed E-state index contributed by atoms with van der Waals surface area (Å²) in [6.07, 6.45) is 3.49. The molecule has 1 saturated heterocycles. The molecule has 6 heteroatoms. The van der Waals surface area contributed by atoms with Crippen LogP contribution in [0.15, 0.2) is 41.8 Å². The molecule has 1 aromatic rings. The van der Waals surface area contributed by atoms with Crippen molar-refractivity contribution in [3.05, 3.63) is 42.5 Å². The second-order valence-electron chi connectivity index (χ2n) is 6.27. The second kappa shape index (κ2) is 7.94. The summed E-state index contributed by atoms with van der Waals surface area (Å²) in [4.78, 5) is 11.7. The number of rotatable bonds is 6. The van der Waals surface area contributed by atoms with Crippen LogP contribution in [0.1, 0.15) is 44.6 Å². The predicted molar refractivity (Wildman–Crippen MR) is 95.3 cm³/mol. The molecule has 1 aliphatic rings. The van der Waals surface area contributed by atoms with E-state index < -0.39 is 10.0 Å². The van der Waals surface area contributed by atoms with Crippen LogP contribution in [0, 0.1) is 0 Å². The summed E-state index contributed by atoms with van der Waals surface area (Å²) in [7, 11) is -3.47. The molecule has 0 aromatic heterocycles. The van der Waals surface area contributed by atoms with Gasteiger partial charge in [-0.15, -0.1) is 0 Å². The fraction of sp³-hybridized carbons (Fsp3) is 0.500. The van der Waals surface area contributed by atoms with E-state index in [4.69, 9.17) is 0 Å². The van der Waals surface area contributed by atoms with Crippen LogP contribution in [-0.4, -0.2) is 37.8 Å². The van der Waals surface area contributed by atoms with Gasteiger partial charge in [0.2, 0.25) is 15.9 Å². The smallest absolute Gasteiger partial charge is 0.243 e. The number of nitrogens with zero attached hydrogens (tertiary/aromatic N) is 1. The van der Waals surface area contributed by atoms with Gasteiger partial charge in [-0.05, 0) is 49.0 Å². The highest BCUT2D eigenvalue weighted by Crippen LogP contribution is 2.24. The molecule has 0 radical (unpaired) electrons. The van der Waals surface area contributed by atoms with Crippen LogP contribution in [-0.2, 0) is 14.8 Å². The number of carbonyl (C=O) groups excluding carboxylic acids is 1. The van der Waals surface area contributed by atoms with Gasteiger partial charge in [-0.2, -0.15) is 4.31 Å². The van der Waals surface area contributed by atoms with Crippen molar-refractivity contribution in [1.29, 1.82) is 0 Å². The lowest BCUT2D eigenvalue weighted by molar-refractivity contribution is -0.117. The Morgan fingerprint density at radius 1 is 1.33 bits per heavy atom. The topological polar surface area (TPSA) is 66.5 Å². The predicted octanol–water partition coefficient (Wildman–Crippen LogP) is 2.66. The summed E-state index contributed by atoms with van der Waals surface area (Å²) in [5.41, 5.74) is 1.15. The molecule has 1 unspecified atom stereocenters. The summed E-state index contributed by atoms with van der Waals surface area (Å²) in [6.45, 7) is 8.50. The molecule has 1 aliphatic heterocycles. The summed E-state index contributed by atoms with van der Waals surface area (Å²) in [5, 5.41) is 2.83. The van der Waals surface area contributed by atoms with Gasteiger partial charge in [-0.1, -0.05) is 32.6 Å². The Balaban J connectivity index is 2.03. The van der Waals surface area contributed by atoms with E-state index in [-0.39, 0.29) is 11.9 Å². The molecule has 132 valence electrons. The Morgan fingerprint density at radius 2 is 1.92 bits per heavy atom. The lowest BCUT2D eigenvalue weighted by Crippen LogP contribution is -2.46. The van der Waals surface area contributed by atoms with Crippen LogP contribution < -0.4 is 5.32 Å². The standard InChI is InChI=1S/C18H26N2O3S/c1-4-14(3)15-6-8-17(9-7-15)24(22,23)20-12-10-16(11-13-20)19-18(21)5-2/h5-9,14,16H,2,4,10-13H2,1,3H3,(H,19,21). The van der Waals surface area contributed by atoms with Crippen LogP contribution in [0.3, 0.4) is 0 Å². The van der Waals surface area contributed by atoms with Crippen molar-refractivity contribution in [1.82, 2.24) is 9.62 Å². The third-order valence-corrected chi connectivity index (χ3v) is 6.60. The third-order valence-electron chi connectivity index (χ3n) is 4.68. The molecule has 1 aromatic carbocycles. The first-order valence-electron chi connectivity index (χ1n) is 8.41. The van der Waals surface area contributed by atoms with Crippen LogP contribution in [0.5, 0.6) is 0 Å². The Morgan fingerprint density at radius 3 is 2.42 bits per heavy atom. The van der Waals surface area contributed by atoms with E-state index in [0.717, 1.165) is 12.0 Å². The van der Waals surface area contributed by atoms with Crippen LogP contribution in [0.25, 0.3) is 0 Å². The average Bonchev–Trinajstić information content (AvgIpc) is 2.61. The number of nitrogens with one attached hydrogen (secondary N) is 1. The summed E-state index contributed by atoms with van der Waals surface area (Å²) in [5.74, 6) is 0.211. The van der Waals surface area contributed by atoms with Gasteiger partial charge in [0.15, 0.2) is 0 Å². The second-order valence-corrected chi connectivity index (χ2v) is 8.21. The first kappa shape index (κ1) is 18.7. The van der Waals surface area contributed by atoms with Gasteiger partial charge in [0.25, 0.3) is 0 Å². The minimum Gasteiger partial charge on any atom is -0.350 e. The van der Waals surface area contributed by atoms with Crippen LogP contribution in [0.2, 0.25) is 0 Å². The molecule has 5 nitrogen and oxygen atoms in total. The molecule has 1 atom stereocenters. The normalized spacial score (nSPS) is 18.1. The number of hydrogen-bond acceptors (Lipinski definition) is 3. The molecule has 1 heterocycles. The maximum Gasteiger partial charge on any atom is 0.243 e. The van der Waals surface area contributed by atoms with E-state index in [1.165, 1.54) is 10.4 Å². The van der Waals surface area contributed by atoms with E-state index in [0.29, 0.717) is 36.7 Å². The molecule has 0 spiro atoms. The Kier molecular flexibility index (Phi) is 6.18. The quantitative estimate of drug-likeness (QED) is 0.802. The molecule has 2 rings (SSSR count). The number of sulfonamides is 1. The molecule has 0 bridgehead atoms. The molecule has 0 saturated carbocycles. The first-order chi connectivity index (χ1) is 11.4. The van der Waals surface area contributed by atoms with Gasteiger partial charge in [0.1, 0.15) is 0 Å². The zero-order valence-electron chi connectivity index (χ0n) is 14.4. The molecule has 0 aliphatic carbocycles. The van der Waals surface area contributed by atoms with Crippen molar-refractivity contribution in [2.75, 3.05) is 13.1 Å². The van der Waals surface area contributed by atoms with Gasteiger partial charge in [-0.3, -0.25) is 4.79 Å². The molecular formula is C18H26N2O3S. The van der Waals surface area contributed by atoms with Gasteiger partial charge in [0.05, 0.1) is 4.90 Å². The molecule has 1 N–H and O–H groups in total. The summed E-state index contributed by atoms with van der Waals surface area (Å²) >= 11 is 0. The van der Waals surface area contributed by atoms with Gasteiger partial charge in [0, 0.05) is 19.1 Å². The molecular weight excluding hydrogens is 324 g/mol. The number of benzene rings is 1. The Labute approximate surface area is 144 Å². The van der Waals surface area contributed by atoms with Crippen molar-refractivity contribution < 1.29 is 13.2 Å².